The number of pyridine rings is 1. The monoisotopic (exact) mass is 640 g/mol. The lowest BCUT2D eigenvalue weighted by Gasteiger charge is -2.23. The number of anilines is 3. The Hall–Kier alpha value is -4.92. The van der Waals surface area contributed by atoms with E-state index in [-0.39, 0.29) is 23.4 Å². The maximum Gasteiger partial charge on any atom is 0.573 e. The summed E-state index contributed by atoms with van der Waals surface area (Å²) in [5, 5.41) is 10.3. The van der Waals surface area contributed by atoms with Crippen molar-refractivity contribution >= 4 is 46.6 Å². The van der Waals surface area contributed by atoms with Crippen LogP contribution < -0.4 is 20.3 Å². The van der Waals surface area contributed by atoms with Crippen LogP contribution in [0.25, 0.3) is 5.69 Å². The normalized spacial score (nSPS) is 11.8. The lowest BCUT2D eigenvalue weighted by molar-refractivity contribution is -0.274. The maximum absolute atomic E-state index is 12.9. The number of benzene rings is 2. The Balaban J connectivity index is 1.37. The van der Waals surface area contributed by atoms with Crippen molar-refractivity contribution in [3.63, 3.8) is 0 Å². The summed E-state index contributed by atoms with van der Waals surface area (Å²) in [7, 11) is 0. The zero-order chi connectivity index (χ0) is 32.6. The molecule has 4 aromatic rings. The molecule has 11 nitrogen and oxygen atoms in total. The van der Waals surface area contributed by atoms with E-state index < -0.39 is 12.4 Å². The van der Waals surface area contributed by atoms with Crippen molar-refractivity contribution in [3.05, 3.63) is 84.1 Å². The number of rotatable bonds is 10. The number of amides is 3. The van der Waals surface area contributed by atoms with E-state index in [1.54, 1.807) is 12.1 Å². The second kappa shape index (κ2) is 14.7. The number of halogens is 3. The van der Waals surface area contributed by atoms with Gasteiger partial charge in [-0.1, -0.05) is 44.7 Å². The third-order valence-corrected chi connectivity index (χ3v) is 7.00. The first-order chi connectivity index (χ1) is 21.5. The van der Waals surface area contributed by atoms with Gasteiger partial charge >= 0.3 is 12.4 Å². The number of carbonyl (C=O) groups is 2. The minimum absolute atomic E-state index is 0.150. The fourth-order valence-electron chi connectivity index (χ4n) is 4.12. The van der Waals surface area contributed by atoms with Gasteiger partial charge in [0.15, 0.2) is 11.0 Å². The molecule has 0 bridgehead atoms. The van der Waals surface area contributed by atoms with Crippen molar-refractivity contribution in [3.8, 4) is 11.4 Å². The fraction of sp³-hybridized carbons (Fsp3) is 0.267. The van der Waals surface area contributed by atoms with Crippen LogP contribution in [0.5, 0.6) is 5.75 Å². The van der Waals surface area contributed by atoms with E-state index in [4.69, 9.17) is 0 Å². The van der Waals surface area contributed by atoms with Crippen molar-refractivity contribution in [2.24, 2.45) is 4.99 Å². The summed E-state index contributed by atoms with van der Waals surface area (Å²) < 4.78 is 42.4. The largest absolute Gasteiger partial charge is 0.573 e. The first-order valence-corrected chi connectivity index (χ1v) is 14.8. The molecule has 0 unspecified atom stereocenters. The molecule has 0 fully saturated rings. The third kappa shape index (κ3) is 9.28. The molecule has 0 aliphatic heterocycles. The van der Waals surface area contributed by atoms with E-state index in [1.165, 1.54) is 58.1 Å². The highest BCUT2D eigenvalue weighted by Gasteiger charge is 2.31. The minimum atomic E-state index is -4.77. The van der Waals surface area contributed by atoms with Gasteiger partial charge in [-0.25, -0.2) is 19.4 Å². The number of aryl methyl sites for hydroxylation is 1. The Morgan fingerprint density at radius 2 is 1.89 bits per heavy atom. The molecule has 0 spiro atoms. The van der Waals surface area contributed by atoms with Crippen molar-refractivity contribution in [1.29, 1.82) is 0 Å². The van der Waals surface area contributed by atoms with E-state index in [2.05, 4.69) is 35.4 Å². The maximum atomic E-state index is 12.9. The van der Waals surface area contributed by atoms with Crippen LogP contribution in [-0.2, 0) is 11.3 Å². The van der Waals surface area contributed by atoms with E-state index >= 15 is 0 Å². The highest BCUT2D eigenvalue weighted by Crippen LogP contribution is 2.30. The molecule has 2 N–H and O–H groups in total. The van der Waals surface area contributed by atoms with Crippen LogP contribution in [-0.4, -0.2) is 49.5 Å². The van der Waals surface area contributed by atoms with E-state index in [0.717, 1.165) is 11.1 Å². The summed E-state index contributed by atoms with van der Waals surface area (Å²) in [5.74, 6) is 1.30. The molecular weight excluding hydrogens is 609 g/mol. The van der Waals surface area contributed by atoms with Gasteiger partial charge in [-0.15, -0.1) is 18.3 Å². The summed E-state index contributed by atoms with van der Waals surface area (Å²) >= 11 is 1.28. The number of amidine groups is 1. The van der Waals surface area contributed by atoms with Gasteiger partial charge in [0.25, 0.3) is 0 Å². The number of nitrogens with one attached hydrogen (secondary N) is 2. The van der Waals surface area contributed by atoms with E-state index in [0.29, 0.717) is 40.9 Å². The van der Waals surface area contributed by atoms with Gasteiger partial charge in [0.1, 0.15) is 17.9 Å². The molecule has 2 aromatic carbocycles. The Bertz CT molecular complexity index is 1640. The summed E-state index contributed by atoms with van der Waals surface area (Å²) in [4.78, 5) is 39.1. The number of hydrogen-bond donors (Lipinski definition) is 2. The summed E-state index contributed by atoms with van der Waals surface area (Å²) in [5.41, 5.74) is 3.51. The second-order valence-corrected chi connectivity index (χ2v) is 11.1. The zero-order valence-corrected chi connectivity index (χ0v) is 25.7. The highest BCUT2D eigenvalue weighted by atomic mass is 32.2. The van der Waals surface area contributed by atoms with Gasteiger partial charge in [0, 0.05) is 0 Å². The van der Waals surface area contributed by atoms with Crippen LogP contribution >= 0.6 is 11.8 Å². The average Bonchev–Trinajstić information content (AvgIpc) is 3.46. The molecule has 0 atom stereocenters. The Morgan fingerprint density at radius 1 is 1.13 bits per heavy atom. The number of ether oxygens (including phenoxy) is 1. The molecule has 0 saturated carbocycles. The molecule has 2 aromatic heterocycles. The SMILES string of the molecule is CCS/C(=N\C(=O)Nc1ccc(NCc2ncn(-c3ccc(OC(F)(F)F)cc3)n2)nc1)N(C=O)c1cc(C)ccc1C(C)C. The van der Waals surface area contributed by atoms with Gasteiger partial charge in [0.2, 0.25) is 6.41 Å². The van der Waals surface area contributed by atoms with Gasteiger partial charge < -0.3 is 15.4 Å². The Kier molecular flexibility index (Phi) is 10.8. The lowest BCUT2D eigenvalue weighted by Crippen LogP contribution is -2.30. The predicted molar refractivity (Wildman–Crippen MR) is 168 cm³/mol. The molecule has 0 aliphatic carbocycles. The van der Waals surface area contributed by atoms with Crippen molar-refractivity contribution in [1.82, 2.24) is 19.7 Å². The number of carbonyl (C=O) groups excluding carboxylic acids is 2. The Labute approximate surface area is 261 Å². The van der Waals surface area contributed by atoms with Crippen molar-refractivity contribution in [2.75, 3.05) is 21.3 Å². The number of aromatic nitrogens is 4. The number of hydrogen-bond acceptors (Lipinski definition) is 8. The van der Waals surface area contributed by atoms with Crippen LogP contribution in [0.1, 0.15) is 43.6 Å². The summed E-state index contributed by atoms with van der Waals surface area (Å²) in [6.07, 6.45) is -1.22. The minimum Gasteiger partial charge on any atom is -0.406 e. The molecule has 3 amide bonds. The average molecular weight is 641 g/mol. The summed E-state index contributed by atoms with van der Waals surface area (Å²) in [6, 6.07) is 13.7. The van der Waals surface area contributed by atoms with Crippen LogP contribution in [0.4, 0.5) is 35.2 Å². The van der Waals surface area contributed by atoms with Crippen LogP contribution in [0.3, 0.4) is 0 Å². The molecule has 236 valence electrons. The van der Waals surface area contributed by atoms with Crippen LogP contribution in [0.15, 0.2) is 72.1 Å². The van der Waals surface area contributed by atoms with Crippen LogP contribution in [0.2, 0.25) is 0 Å². The topological polar surface area (TPSA) is 127 Å². The second-order valence-electron chi connectivity index (χ2n) is 9.88. The molecule has 4 rings (SSSR count). The Morgan fingerprint density at radius 3 is 2.51 bits per heavy atom. The lowest BCUT2D eigenvalue weighted by atomic mass is 9.99. The molecule has 2 heterocycles. The van der Waals surface area contributed by atoms with Crippen molar-refractivity contribution in [2.45, 2.75) is 46.5 Å². The first-order valence-electron chi connectivity index (χ1n) is 13.8. The van der Waals surface area contributed by atoms with Gasteiger partial charge in [-0.05, 0) is 72.2 Å². The number of thioether (sulfide) groups is 1. The van der Waals surface area contributed by atoms with Gasteiger partial charge in [-0.3, -0.25) is 9.69 Å². The first kappa shape index (κ1) is 33.0. The number of urea groups is 1. The molecule has 0 saturated heterocycles. The third-order valence-electron chi connectivity index (χ3n) is 6.17. The molecule has 15 heteroatoms. The summed E-state index contributed by atoms with van der Waals surface area (Å²) in [6.45, 7) is 8.12. The van der Waals surface area contributed by atoms with E-state index in [1.807, 2.05) is 45.9 Å². The smallest absolute Gasteiger partial charge is 0.406 e. The van der Waals surface area contributed by atoms with Gasteiger partial charge in [-0.2, -0.15) is 4.99 Å². The molecule has 0 radical (unpaired) electrons. The molecule has 0 aliphatic rings. The highest BCUT2D eigenvalue weighted by molar-refractivity contribution is 8.14. The predicted octanol–water partition coefficient (Wildman–Crippen LogP) is 6.91. The quantitative estimate of drug-likeness (QED) is 0.109. The molecule has 45 heavy (non-hydrogen) atoms. The van der Waals surface area contributed by atoms with Crippen molar-refractivity contribution < 1.29 is 27.5 Å². The van der Waals surface area contributed by atoms with E-state index in [9.17, 15) is 22.8 Å². The number of alkyl halides is 3. The fourth-order valence-corrected chi connectivity index (χ4v) is 4.81. The number of nitrogens with zero attached hydrogens (tertiary/aromatic N) is 6. The standard InChI is InChI=1S/C30H31F3N8O3S/c1-5-45-29(40(18-42)25-14-20(4)6-12-24(25)19(2)3)38-28(43)37-21-7-13-26(34-15-21)35-16-27-36-17-41(39-27)22-8-10-23(11-9-22)44-30(31,32)33/h6-15,17-19H,5,16H2,1-4H3,(H,34,35)(H,37,43)/b38-29-. The van der Waals surface area contributed by atoms with Crippen LogP contribution in [0, 0.1) is 6.92 Å². The zero-order valence-electron chi connectivity index (χ0n) is 24.9. The molecular formula is C30H31F3N8O3S. The number of aliphatic imine (C=N–C) groups is 1. The van der Waals surface area contributed by atoms with Gasteiger partial charge in [0.05, 0.1) is 29.8 Å².